The van der Waals surface area contributed by atoms with E-state index in [4.69, 9.17) is 0 Å². The molecule has 1 aromatic carbocycles. The Morgan fingerprint density at radius 3 is 2.61 bits per heavy atom. The average molecular weight is 541 g/mol. The molecule has 4 aromatic rings. The Hall–Kier alpha value is -3.35. The van der Waals surface area contributed by atoms with Gasteiger partial charge in [-0.1, -0.05) is 36.0 Å². The van der Waals surface area contributed by atoms with Gasteiger partial charge in [0.25, 0.3) is 11.8 Å². The highest BCUT2D eigenvalue weighted by Gasteiger charge is 2.33. The molecule has 5 rings (SSSR count). The SMILES string of the molecule is Cn1c(CNC(=O)c2cccs2)nnc1SCC(=O)N1N=C(c2cccs2)C[C@H]1c1ccc(F)cc1. The van der Waals surface area contributed by atoms with E-state index in [1.165, 1.54) is 40.2 Å². The Bertz CT molecular complexity index is 1380. The number of benzene rings is 1. The highest BCUT2D eigenvalue weighted by atomic mass is 32.2. The number of hydrogen-bond donors (Lipinski definition) is 1. The number of thioether (sulfide) groups is 1. The van der Waals surface area contributed by atoms with Gasteiger partial charge >= 0.3 is 0 Å². The maximum absolute atomic E-state index is 13.5. The Morgan fingerprint density at radius 2 is 1.89 bits per heavy atom. The molecule has 3 aromatic heterocycles. The molecule has 0 saturated carbocycles. The summed E-state index contributed by atoms with van der Waals surface area (Å²) in [7, 11) is 1.80. The fourth-order valence-electron chi connectivity index (χ4n) is 3.75. The summed E-state index contributed by atoms with van der Waals surface area (Å²) in [6.07, 6.45) is 0.556. The number of rotatable bonds is 8. The summed E-state index contributed by atoms with van der Waals surface area (Å²) in [5.74, 6) is 0.00782. The van der Waals surface area contributed by atoms with E-state index in [0.717, 1.165) is 16.2 Å². The van der Waals surface area contributed by atoms with Crippen LogP contribution in [-0.4, -0.2) is 43.1 Å². The van der Waals surface area contributed by atoms with Gasteiger partial charge in [0.15, 0.2) is 11.0 Å². The van der Waals surface area contributed by atoms with Crippen LogP contribution in [0.1, 0.15) is 38.4 Å². The van der Waals surface area contributed by atoms with Crippen LogP contribution in [0.3, 0.4) is 0 Å². The number of hydrogen-bond acceptors (Lipinski definition) is 8. The summed E-state index contributed by atoms with van der Waals surface area (Å²) in [5, 5.41) is 21.7. The number of hydrazone groups is 1. The molecule has 0 fully saturated rings. The monoisotopic (exact) mass is 540 g/mol. The van der Waals surface area contributed by atoms with Gasteiger partial charge in [0.2, 0.25) is 0 Å². The van der Waals surface area contributed by atoms with E-state index in [1.807, 2.05) is 29.0 Å². The Morgan fingerprint density at radius 1 is 1.11 bits per heavy atom. The van der Waals surface area contributed by atoms with Gasteiger partial charge in [-0.3, -0.25) is 9.59 Å². The molecule has 1 aliphatic heterocycles. The van der Waals surface area contributed by atoms with Gasteiger partial charge in [0, 0.05) is 13.5 Å². The van der Waals surface area contributed by atoms with Crippen LogP contribution < -0.4 is 5.32 Å². The van der Waals surface area contributed by atoms with Crippen LogP contribution in [0.15, 0.2) is 69.5 Å². The summed E-state index contributed by atoms with van der Waals surface area (Å²) >= 11 is 4.19. The van der Waals surface area contributed by atoms with Crippen molar-refractivity contribution >= 4 is 52.0 Å². The van der Waals surface area contributed by atoms with Gasteiger partial charge in [0.1, 0.15) is 5.82 Å². The van der Waals surface area contributed by atoms with Gasteiger partial charge in [-0.15, -0.1) is 32.9 Å². The highest BCUT2D eigenvalue weighted by molar-refractivity contribution is 7.99. The van der Waals surface area contributed by atoms with Gasteiger partial charge < -0.3 is 9.88 Å². The first kappa shape index (κ1) is 24.3. The van der Waals surface area contributed by atoms with Crippen LogP contribution in [0.4, 0.5) is 4.39 Å². The lowest BCUT2D eigenvalue weighted by atomic mass is 10.0. The molecule has 184 valence electrons. The molecular weight excluding hydrogens is 520 g/mol. The molecule has 0 spiro atoms. The van der Waals surface area contributed by atoms with Crippen LogP contribution in [0, 0.1) is 5.82 Å². The van der Waals surface area contributed by atoms with Crippen LogP contribution >= 0.6 is 34.4 Å². The number of halogens is 1. The van der Waals surface area contributed by atoms with Crippen molar-refractivity contribution in [2.75, 3.05) is 5.75 Å². The molecule has 0 saturated heterocycles. The number of carbonyl (C=O) groups excluding carboxylic acids is 2. The standard InChI is InChI=1S/C24H21FN6O2S3/c1-30-21(13-26-23(33)20-5-3-11-35-20)27-28-24(30)36-14-22(32)31-18(15-6-8-16(25)9-7-15)12-17(29-31)19-4-2-10-34-19/h2-11,18H,12-14H2,1H3,(H,26,33)/t18-/m0/s1. The number of nitrogens with zero attached hydrogens (tertiary/aromatic N) is 5. The quantitative estimate of drug-likeness (QED) is 0.333. The summed E-state index contributed by atoms with van der Waals surface area (Å²) in [5.41, 5.74) is 1.66. The minimum atomic E-state index is -0.325. The number of amides is 2. The molecule has 0 unspecified atom stereocenters. The highest BCUT2D eigenvalue weighted by Crippen LogP contribution is 2.34. The lowest BCUT2D eigenvalue weighted by Gasteiger charge is -2.21. The molecular formula is C24H21FN6O2S3. The molecule has 1 aliphatic rings. The summed E-state index contributed by atoms with van der Waals surface area (Å²) < 4.78 is 15.3. The van der Waals surface area contributed by atoms with Crippen molar-refractivity contribution in [3.05, 3.63) is 86.3 Å². The number of nitrogens with one attached hydrogen (secondary N) is 1. The second kappa shape index (κ2) is 10.7. The summed E-state index contributed by atoms with van der Waals surface area (Å²) in [4.78, 5) is 27.1. The van der Waals surface area contributed by atoms with Gasteiger partial charge in [-0.2, -0.15) is 5.10 Å². The third-order valence-electron chi connectivity index (χ3n) is 5.63. The Kier molecular flexibility index (Phi) is 7.25. The molecule has 2 amide bonds. The summed E-state index contributed by atoms with van der Waals surface area (Å²) in [6.45, 7) is 0.224. The lowest BCUT2D eigenvalue weighted by molar-refractivity contribution is -0.130. The van der Waals surface area contributed by atoms with E-state index < -0.39 is 0 Å². The van der Waals surface area contributed by atoms with Crippen molar-refractivity contribution < 1.29 is 14.0 Å². The number of aromatic nitrogens is 3. The van der Waals surface area contributed by atoms with E-state index in [2.05, 4.69) is 20.6 Å². The van der Waals surface area contributed by atoms with Crippen molar-refractivity contribution in [1.29, 1.82) is 0 Å². The summed E-state index contributed by atoms with van der Waals surface area (Å²) in [6, 6.07) is 13.4. The number of carbonyl (C=O) groups is 2. The third kappa shape index (κ3) is 5.25. The van der Waals surface area contributed by atoms with Crippen LogP contribution in [0.25, 0.3) is 0 Å². The molecule has 1 atom stereocenters. The zero-order valence-corrected chi connectivity index (χ0v) is 21.6. The first-order chi connectivity index (χ1) is 17.5. The van der Waals surface area contributed by atoms with E-state index >= 15 is 0 Å². The zero-order valence-electron chi connectivity index (χ0n) is 19.1. The second-order valence-electron chi connectivity index (χ2n) is 7.94. The first-order valence-electron chi connectivity index (χ1n) is 11.0. The largest absolute Gasteiger partial charge is 0.344 e. The molecule has 0 bridgehead atoms. The molecule has 0 aliphatic carbocycles. The topological polar surface area (TPSA) is 92.5 Å². The van der Waals surface area contributed by atoms with Crippen molar-refractivity contribution in [1.82, 2.24) is 25.1 Å². The van der Waals surface area contributed by atoms with Crippen molar-refractivity contribution in [2.24, 2.45) is 12.1 Å². The predicted octanol–water partition coefficient (Wildman–Crippen LogP) is 4.48. The average Bonchev–Trinajstić information content (AvgIpc) is 3.69. The van der Waals surface area contributed by atoms with Crippen molar-refractivity contribution in [3.63, 3.8) is 0 Å². The number of thiophene rings is 2. The Balaban J connectivity index is 1.26. The lowest BCUT2D eigenvalue weighted by Crippen LogP contribution is -2.28. The second-order valence-corrected chi connectivity index (χ2v) is 10.8. The fourth-order valence-corrected chi connectivity index (χ4v) is 5.89. The van der Waals surface area contributed by atoms with Gasteiger partial charge in [-0.25, -0.2) is 9.40 Å². The minimum absolute atomic E-state index is 0.104. The molecule has 12 heteroatoms. The molecule has 0 radical (unpaired) electrons. The molecule has 1 N–H and O–H groups in total. The van der Waals surface area contributed by atoms with Crippen LogP contribution in [-0.2, 0) is 18.4 Å². The zero-order chi connectivity index (χ0) is 25.1. The maximum atomic E-state index is 13.5. The normalized spacial score (nSPS) is 15.2. The van der Waals surface area contributed by atoms with Crippen LogP contribution in [0.5, 0.6) is 0 Å². The van der Waals surface area contributed by atoms with E-state index in [-0.39, 0.29) is 36.0 Å². The Labute approximate surface area is 218 Å². The molecule has 36 heavy (non-hydrogen) atoms. The minimum Gasteiger partial charge on any atom is -0.344 e. The molecule has 8 nitrogen and oxygen atoms in total. The smallest absolute Gasteiger partial charge is 0.261 e. The van der Waals surface area contributed by atoms with E-state index in [0.29, 0.717) is 22.3 Å². The first-order valence-corrected chi connectivity index (χ1v) is 13.8. The van der Waals surface area contributed by atoms with E-state index in [9.17, 15) is 14.0 Å². The van der Waals surface area contributed by atoms with Gasteiger partial charge in [-0.05, 0) is 40.6 Å². The van der Waals surface area contributed by atoms with Gasteiger partial charge in [0.05, 0.1) is 33.8 Å². The van der Waals surface area contributed by atoms with Crippen molar-refractivity contribution in [3.8, 4) is 0 Å². The van der Waals surface area contributed by atoms with Crippen LogP contribution in [0.2, 0.25) is 0 Å². The maximum Gasteiger partial charge on any atom is 0.261 e. The van der Waals surface area contributed by atoms with Crippen molar-refractivity contribution in [2.45, 2.75) is 24.2 Å². The predicted molar refractivity (Wildman–Crippen MR) is 139 cm³/mol. The third-order valence-corrected chi connectivity index (χ3v) is 8.42. The molecule has 4 heterocycles. The van der Waals surface area contributed by atoms with E-state index in [1.54, 1.807) is 41.2 Å². The fraction of sp³-hybridized carbons (Fsp3) is 0.208.